The molecule has 1 aliphatic rings. The number of rotatable bonds is 4. The highest BCUT2D eigenvalue weighted by atomic mass is 35.5. The van der Waals surface area contributed by atoms with Crippen LogP contribution in [0.25, 0.3) is 0 Å². The van der Waals surface area contributed by atoms with E-state index in [0.29, 0.717) is 11.3 Å². The van der Waals surface area contributed by atoms with Crippen molar-refractivity contribution in [3.63, 3.8) is 0 Å². The van der Waals surface area contributed by atoms with Crippen LogP contribution in [0.15, 0.2) is 36.4 Å². The SMILES string of the molecule is Cc1ccc(CN2CCOCC2)cc1NC(=O)c1cc(N)ccc1C.Cl.Cl. The van der Waals surface area contributed by atoms with Gasteiger partial charge < -0.3 is 15.8 Å². The topological polar surface area (TPSA) is 67.6 Å². The van der Waals surface area contributed by atoms with Crippen molar-refractivity contribution in [2.45, 2.75) is 20.4 Å². The third-order valence-corrected chi connectivity index (χ3v) is 4.57. The van der Waals surface area contributed by atoms with E-state index in [2.05, 4.69) is 28.4 Å². The molecule has 148 valence electrons. The molecule has 1 heterocycles. The van der Waals surface area contributed by atoms with Gasteiger partial charge in [0.15, 0.2) is 0 Å². The number of carbonyl (C=O) groups is 1. The molecule has 3 rings (SSSR count). The molecule has 0 atom stereocenters. The van der Waals surface area contributed by atoms with Crippen LogP contribution in [0.3, 0.4) is 0 Å². The zero-order chi connectivity index (χ0) is 17.8. The Hall–Kier alpha value is -1.79. The molecule has 1 aliphatic heterocycles. The van der Waals surface area contributed by atoms with Crippen LogP contribution in [0.4, 0.5) is 11.4 Å². The van der Waals surface area contributed by atoms with Gasteiger partial charge in [-0.3, -0.25) is 9.69 Å². The maximum atomic E-state index is 12.6. The van der Waals surface area contributed by atoms with E-state index in [-0.39, 0.29) is 30.7 Å². The second kappa shape index (κ2) is 10.5. The van der Waals surface area contributed by atoms with Crippen molar-refractivity contribution in [3.8, 4) is 0 Å². The normalized spacial score (nSPS) is 14.0. The molecule has 5 nitrogen and oxygen atoms in total. The molecule has 0 spiro atoms. The minimum Gasteiger partial charge on any atom is -0.399 e. The summed E-state index contributed by atoms with van der Waals surface area (Å²) in [5.41, 5.74) is 11.0. The molecule has 0 saturated carbocycles. The average Bonchev–Trinajstić information content (AvgIpc) is 2.61. The van der Waals surface area contributed by atoms with Crippen LogP contribution in [0.1, 0.15) is 27.0 Å². The van der Waals surface area contributed by atoms with Gasteiger partial charge in [-0.05, 0) is 48.7 Å². The van der Waals surface area contributed by atoms with E-state index < -0.39 is 0 Å². The van der Waals surface area contributed by atoms with Gasteiger partial charge in [0.2, 0.25) is 0 Å². The van der Waals surface area contributed by atoms with Crippen LogP contribution in [-0.2, 0) is 11.3 Å². The van der Waals surface area contributed by atoms with Crippen LogP contribution in [0, 0.1) is 13.8 Å². The molecule has 0 bridgehead atoms. The summed E-state index contributed by atoms with van der Waals surface area (Å²) in [4.78, 5) is 15.0. The Bertz CT molecular complexity index is 778. The summed E-state index contributed by atoms with van der Waals surface area (Å²) in [7, 11) is 0. The van der Waals surface area contributed by atoms with Crippen molar-refractivity contribution in [3.05, 3.63) is 58.7 Å². The van der Waals surface area contributed by atoms with Gasteiger partial charge in [0.25, 0.3) is 5.91 Å². The van der Waals surface area contributed by atoms with Crippen molar-refractivity contribution >= 4 is 42.1 Å². The lowest BCUT2D eigenvalue weighted by molar-refractivity contribution is 0.0342. The Morgan fingerprint density at radius 2 is 1.74 bits per heavy atom. The van der Waals surface area contributed by atoms with E-state index in [4.69, 9.17) is 10.5 Å². The molecule has 1 saturated heterocycles. The third kappa shape index (κ3) is 6.11. The third-order valence-electron chi connectivity index (χ3n) is 4.57. The van der Waals surface area contributed by atoms with Crippen LogP contribution in [-0.4, -0.2) is 37.1 Å². The molecule has 1 amide bonds. The first-order valence-electron chi connectivity index (χ1n) is 8.60. The monoisotopic (exact) mass is 411 g/mol. The van der Waals surface area contributed by atoms with Crippen molar-refractivity contribution in [1.29, 1.82) is 0 Å². The Balaban J connectivity index is 0.00000182. The van der Waals surface area contributed by atoms with Gasteiger partial charge in [-0.2, -0.15) is 0 Å². The molecule has 0 aliphatic carbocycles. The number of nitrogens with zero attached hydrogens (tertiary/aromatic N) is 1. The molecule has 3 N–H and O–H groups in total. The zero-order valence-corrected chi connectivity index (χ0v) is 17.3. The molecule has 7 heteroatoms. The molecular formula is C20H27Cl2N3O2. The Morgan fingerprint density at radius 3 is 2.44 bits per heavy atom. The lowest BCUT2D eigenvalue weighted by Gasteiger charge is -2.26. The number of ether oxygens (including phenoxy) is 1. The van der Waals surface area contributed by atoms with Gasteiger partial charge >= 0.3 is 0 Å². The number of hydrogen-bond acceptors (Lipinski definition) is 4. The highest BCUT2D eigenvalue weighted by Gasteiger charge is 2.14. The van der Waals surface area contributed by atoms with Crippen LogP contribution in [0.2, 0.25) is 0 Å². The van der Waals surface area contributed by atoms with E-state index in [0.717, 1.165) is 49.7 Å². The van der Waals surface area contributed by atoms with Gasteiger partial charge in [0, 0.05) is 36.6 Å². The molecule has 0 radical (unpaired) electrons. The minimum absolute atomic E-state index is 0. The fourth-order valence-electron chi connectivity index (χ4n) is 2.99. The number of halogens is 2. The number of anilines is 2. The number of amides is 1. The molecule has 0 unspecified atom stereocenters. The number of nitrogens with two attached hydrogens (primary N) is 1. The summed E-state index contributed by atoms with van der Waals surface area (Å²) in [5.74, 6) is -0.128. The second-order valence-electron chi connectivity index (χ2n) is 6.57. The number of hydrogen-bond donors (Lipinski definition) is 2. The van der Waals surface area contributed by atoms with Gasteiger partial charge in [0.05, 0.1) is 13.2 Å². The number of nitrogens with one attached hydrogen (secondary N) is 1. The average molecular weight is 412 g/mol. The molecule has 2 aromatic carbocycles. The van der Waals surface area contributed by atoms with Crippen molar-refractivity contribution in [1.82, 2.24) is 4.90 Å². The zero-order valence-electron chi connectivity index (χ0n) is 15.7. The number of morpholine rings is 1. The lowest BCUT2D eigenvalue weighted by atomic mass is 10.1. The Labute approximate surface area is 173 Å². The van der Waals surface area contributed by atoms with Gasteiger partial charge in [0.1, 0.15) is 0 Å². The number of carbonyl (C=O) groups excluding carboxylic acids is 1. The lowest BCUT2D eigenvalue weighted by Crippen LogP contribution is -2.35. The first-order valence-corrected chi connectivity index (χ1v) is 8.60. The smallest absolute Gasteiger partial charge is 0.256 e. The molecular weight excluding hydrogens is 385 g/mol. The molecule has 0 aromatic heterocycles. The summed E-state index contributed by atoms with van der Waals surface area (Å²) in [6.45, 7) is 8.23. The summed E-state index contributed by atoms with van der Waals surface area (Å²) < 4.78 is 5.39. The van der Waals surface area contributed by atoms with E-state index in [1.807, 2.05) is 19.9 Å². The van der Waals surface area contributed by atoms with Gasteiger partial charge in [-0.25, -0.2) is 0 Å². The van der Waals surface area contributed by atoms with Crippen molar-refractivity contribution in [2.24, 2.45) is 0 Å². The van der Waals surface area contributed by atoms with Crippen LogP contribution < -0.4 is 11.1 Å². The summed E-state index contributed by atoms with van der Waals surface area (Å²) in [6.07, 6.45) is 0. The van der Waals surface area contributed by atoms with Gasteiger partial charge in [-0.15, -0.1) is 24.8 Å². The predicted molar refractivity (Wildman–Crippen MR) is 115 cm³/mol. The number of aryl methyl sites for hydroxylation is 2. The standard InChI is InChI=1S/C20H25N3O2.2ClH/c1-14-4-6-17(21)12-18(14)20(24)22-19-11-16(5-3-15(19)2)13-23-7-9-25-10-8-23;;/h3-6,11-12H,7-10,13,21H2,1-2H3,(H,22,24);2*1H. The fourth-order valence-corrected chi connectivity index (χ4v) is 2.99. The van der Waals surface area contributed by atoms with Crippen molar-refractivity contribution in [2.75, 3.05) is 37.4 Å². The van der Waals surface area contributed by atoms with Gasteiger partial charge in [-0.1, -0.05) is 18.2 Å². The number of benzene rings is 2. The van der Waals surface area contributed by atoms with Crippen LogP contribution in [0.5, 0.6) is 0 Å². The summed E-state index contributed by atoms with van der Waals surface area (Å²) in [5, 5.41) is 3.03. The summed E-state index contributed by atoms with van der Waals surface area (Å²) >= 11 is 0. The highest BCUT2D eigenvalue weighted by Crippen LogP contribution is 2.21. The van der Waals surface area contributed by atoms with E-state index >= 15 is 0 Å². The second-order valence-corrected chi connectivity index (χ2v) is 6.57. The molecule has 1 fully saturated rings. The highest BCUT2D eigenvalue weighted by molar-refractivity contribution is 6.06. The Kier molecular flexibility index (Phi) is 9.06. The number of nitrogen functional groups attached to an aromatic ring is 1. The van der Waals surface area contributed by atoms with Crippen molar-refractivity contribution < 1.29 is 9.53 Å². The maximum Gasteiger partial charge on any atom is 0.256 e. The van der Waals surface area contributed by atoms with E-state index in [9.17, 15) is 4.79 Å². The van der Waals surface area contributed by atoms with E-state index in [1.165, 1.54) is 5.56 Å². The van der Waals surface area contributed by atoms with Crippen LogP contribution >= 0.6 is 24.8 Å². The predicted octanol–water partition coefficient (Wildman–Crippen LogP) is 3.81. The van der Waals surface area contributed by atoms with E-state index in [1.54, 1.807) is 12.1 Å². The quantitative estimate of drug-likeness (QED) is 0.750. The Morgan fingerprint density at radius 1 is 1.07 bits per heavy atom. The maximum absolute atomic E-state index is 12.6. The first-order chi connectivity index (χ1) is 12.0. The largest absolute Gasteiger partial charge is 0.399 e. The fraction of sp³-hybridized carbons (Fsp3) is 0.350. The molecule has 27 heavy (non-hydrogen) atoms. The summed E-state index contributed by atoms with van der Waals surface area (Å²) in [6, 6.07) is 11.6. The molecule has 2 aromatic rings. The first kappa shape index (κ1) is 23.2. The minimum atomic E-state index is -0.128.